The van der Waals surface area contributed by atoms with Crippen molar-refractivity contribution < 1.29 is 9.15 Å². The topological polar surface area (TPSA) is 108 Å². The van der Waals surface area contributed by atoms with Gasteiger partial charge in [-0.15, -0.1) is 0 Å². The van der Waals surface area contributed by atoms with Gasteiger partial charge < -0.3 is 14.5 Å². The molecule has 0 bridgehead atoms. The van der Waals surface area contributed by atoms with Gasteiger partial charge in [0.25, 0.3) is 0 Å². The Morgan fingerprint density at radius 1 is 1.29 bits per heavy atom. The fraction of sp³-hybridized carbons (Fsp3) is 0.0588. The lowest BCUT2D eigenvalue weighted by molar-refractivity contribution is 0.417. The summed E-state index contributed by atoms with van der Waals surface area (Å²) in [7, 11) is 1.53. The van der Waals surface area contributed by atoms with Crippen molar-refractivity contribution in [2.75, 3.05) is 12.4 Å². The molecule has 0 aliphatic rings. The Kier molecular flexibility index (Phi) is 4.09. The van der Waals surface area contributed by atoms with E-state index in [0.29, 0.717) is 34.1 Å². The number of aromatic nitrogens is 2. The van der Waals surface area contributed by atoms with E-state index in [-0.39, 0.29) is 5.57 Å². The molecule has 2 heterocycles. The summed E-state index contributed by atoms with van der Waals surface area (Å²) in [6.07, 6.45) is 2.96. The van der Waals surface area contributed by atoms with Crippen molar-refractivity contribution in [1.82, 2.24) is 9.97 Å². The Balaban J connectivity index is 2.01. The van der Waals surface area contributed by atoms with E-state index in [4.69, 9.17) is 19.7 Å². The summed E-state index contributed by atoms with van der Waals surface area (Å²) in [6, 6.07) is 12.4. The number of methoxy groups -OCH3 is 1. The average molecular weight is 317 g/mol. The first-order valence-electron chi connectivity index (χ1n) is 6.92. The minimum Gasteiger partial charge on any atom is -0.495 e. The van der Waals surface area contributed by atoms with Gasteiger partial charge in [0.1, 0.15) is 23.5 Å². The molecule has 0 fully saturated rings. The van der Waals surface area contributed by atoms with Gasteiger partial charge in [0.2, 0.25) is 5.89 Å². The molecule has 1 aromatic carbocycles. The Morgan fingerprint density at radius 3 is 2.83 bits per heavy atom. The maximum Gasteiger partial charge on any atom is 0.228 e. The Labute approximate surface area is 137 Å². The molecule has 7 heteroatoms. The minimum atomic E-state index is -0.0477. The Bertz CT molecular complexity index is 959. The zero-order valence-corrected chi connectivity index (χ0v) is 12.6. The maximum absolute atomic E-state index is 8.80. The van der Waals surface area contributed by atoms with Crippen molar-refractivity contribution >= 4 is 16.9 Å². The summed E-state index contributed by atoms with van der Waals surface area (Å²) in [5.74, 6) is 0.971. The molecule has 0 spiro atoms. The van der Waals surface area contributed by atoms with E-state index in [9.17, 15) is 0 Å². The molecule has 7 nitrogen and oxygen atoms in total. The molecule has 3 aromatic rings. The van der Waals surface area contributed by atoms with Gasteiger partial charge in [0.15, 0.2) is 11.2 Å². The molecule has 0 amide bonds. The molecule has 24 heavy (non-hydrogen) atoms. The number of benzene rings is 1. The van der Waals surface area contributed by atoms with E-state index >= 15 is 0 Å². The van der Waals surface area contributed by atoms with E-state index in [1.54, 1.807) is 48.7 Å². The second kappa shape index (κ2) is 6.51. The van der Waals surface area contributed by atoms with Crippen molar-refractivity contribution in [3.8, 4) is 29.3 Å². The van der Waals surface area contributed by atoms with Crippen LogP contribution in [0.25, 0.3) is 22.7 Å². The average Bonchev–Trinajstić information content (AvgIpc) is 3.06. The van der Waals surface area contributed by atoms with Crippen LogP contribution in [0.15, 0.2) is 52.7 Å². The minimum absolute atomic E-state index is 0.0477. The first-order chi connectivity index (χ1) is 11.7. The quantitative estimate of drug-likeness (QED) is 0.736. The van der Waals surface area contributed by atoms with Crippen molar-refractivity contribution in [2.45, 2.75) is 0 Å². The molecule has 0 saturated heterocycles. The molecule has 0 radical (unpaired) electrons. The van der Waals surface area contributed by atoms with Crippen LogP contribution in [0.2, 0.25) is 0 Å². The second-order valence-electron chi connectivity index (χ2n) is 4.69. The van der Waals surface area contributed by atoms with Crippen LogP contribution in [-0.4, -0.2) is 17.1 Å². The van der Waals surface area contributed by atoms with Crippen molar-refractivity contribution in [1.29, 1.82) is 10.5 Å². The molecular weight excluding hydrogens is 306 g/mol. The number of oxazole rings is 1. The molecule has 0 unspecified atom stereocenters. The second-order valence-corrected chi connectivity index (χ2v) is 4.69. The maximum atomic E-state index is 8.80. The van der Waals surface area contributed by atoms with Gasteiger partial charge in [-0.2, -0.15) is 15.5 Å². The third kappa shape index (κ3) is 2.87. The number of rotatable bonds is 4. The van der Waals surface area contributed by atoms with Crippen LogP contribution >= 0.6 is 0 Å². The Morgan fingerprint density at radius 2 is 2.12 bits per heavy atom. The highest BCUT2D eigenvalue weighted by Gasteiger charge is 2.11. The summed E-state index contributed by atoms with van der Waals surface area (Å²) in [5, 5.41) is 20.5. The molecule has 3 rings (SSSR count). The Hall–Kier alpha value is -3.84. The number of pyridine rings is 1. The number of allylic oxidation sites excluding steroid dienone is 1. The normalized spacial score (nSPS) is 9.79. The van der Waals surface area contributed by atoms with E-state index in [1.807, 2.05) is 0 Å². The van der Waals surface area contributed by atoms with Gasteiger partial charge in [-0.05, 0) is 30.3 Å². The standard InChI is InChI=1S/C17H11N5O2/c1-23-14-5-4-12(7-13(14)21-10-11(8-18)9-19)17-22-16-15(24-17)3-2-6-20-16/h2-7,10,21H,1H3. The zero-order chi connectivity index (χ0) is 16.9. The fourth-order valence-electron chi connectivity index (χ4n) is 2.09. The molecule has 2 aromatic heterocycles. The number of nitrogens with one attached hydrogen (secondary N) is 1. The van der Waals surface area contributed by atoms with Gasteiger partial charge in [-0.1, -0.05) is 0 Å². The van der Waals surface area contributed by atoms with Crippen molar-refractivity contribution in [3.63, 3.8) is 0 Å². The summed E-state index contributed by atoms with van der Waals surface area (Å²) >= 11 is 0. The molecule has 0 atom stereocenters. The highest BCUT2D eigenvalue weighted by molar-refractivity contribution is 5.74. The largest absolute Gasteiger partial charge is 0.495 e. The summed E-state index contributed by atoms with van der Waals surface area (Å²) < 4.78 is 11.0. The van der Waals surface area contributed by atoms with Gasteiger partial charge in [0.05, 0.1) is 12.8 Å². The van der Waals surface area contributed by atoms with Crippen LogP contribution < -0.4 is 10.1 Å². The first kappa shape index (κ1) is 15.1. The summed E-state index contributed by atoms with van der Waals surface area (Å²) in [5.41, 5.74) is 2.35. The predicted octanol–water partition coefficient (Wildman–Crippen LogP) is 3.24. The summed E-state index contributed by atoms with van der Waals surface area (Å²) in [4.78, 5) is 8.48. The number of hydrogen-bond donors (Lipinski definition) is 1. The molecule has 1 N–H and O–H groups in total. The van der Waals surface area contributed by atoms with Gasteiger partial charge in [-0.25, -0.2) is 4.98 Å². The third-order valence-electron chi connectivity index (χ3n) is 3.22. The van der Waals surface area contributed by atoms with Crippen molar-refractivity contribution in [3.05, 3.63) is 48.3 Å². The lowest BCUT2D eigenvalue weighted by Gasteiger charge is -2.09. The molecule has 0 aliphatic carbocycles. The van der Waals surface area contributed by atoms with E-state index in [2.05, 4.69) is 15.3 Å². The fourth-order valence-corrected chi connectivity index (χ4v) is 2.09. The number of nitrogens with zero attached hydrogens (tertiary/aromatic N) is 4. The number of ether oxygens (including phenoxy) is 1. The van der Waals surface area contributed by atoms with Crippen LogP contribution in [0.1, 0.15) is 0 Å². The first-order valence-corrected chi connectivity index (χ1v) is 6.92. The van der Waals surface area contributed by atoms with E-state index in [0.717, 1.165) is 0 Å². The highest BCUT2D eigenvalue weighted by Crippen LogP contribution is 2.31. The molecule has 116 valence electrons. The predicted molar refractivity (Wildman–Crippen MR) is 86.7 cm³/mol. The van der Waals surface area contributed by atoms with Crippen molar-refractivity contribution in [2.24, 2.45) is 0 Å². The van der Waals surface area contributed by atoms with Crippen LogP contribution in [0.5, 0.6) is 5.75 Å². The number of hydrogen-bond acceptors (Lipinski definition) is 7. The van der Waals surface area contributed by atoms with Gasteiger partial charge in [-0.3, -0.25) is 0 Å². The smallest absolute Gasteiger partial charge is 0.228 e. The van der Waals surface area contributed by atoms with Crippen LogP contribution in [0, 0.1) is 22.7 Å². The number of anilines is 1. The van der Waals surface area contributed by atoms with E-state index < -0.39 is 0 Å². The van der Waals surface area contributed by atoms with Gasteiger partial charge >= 0.3 is 0 Å². The van der Waals surface area contributed by atoms with Crippen LogP contribution in [0.3, 0.4) is 0 Å². The number of nitriles is 2. The lowest BCUT2D eigenvalue weighted by Crippen LogP contribution is -1.95. The summed E-state index contributed by atoms with van der Waals surface area (Å²) in [6.45, 7) is 0. The van der Waals surface area contributed by atoms with Crippen LogP contribution in [0.4, 0.5) is 5.69 Å². The lowest BCUT2D eigenvalue weighted by atomic mass is 10.2. The number of fused-ring (bicyclic) bond motifs is 1. The molecule has 0 saturated carbocycles. The van der Waals surface area contributed by atoms with Gasteiger partial charge in [0, 0.05) is 18.0 Å². The molecule has 0 aliphatic heterocycles. The highest BCUT2D eigenvalue weighted by atomic mass is 16.5. The zero-order valence-electron chi connectivity index (χ0n) is 12.6. The monoisotopic (exact) mass is 317 g/mol. The van der Waals surface area contributed by atoms with E-state index in [1.165, 1.54) is 13.3 Å². The third-order valence-corrected chi connectivity index (χ3v) is 3.22. The molecular formula is C17H11N5O2. The van der Waals surface area contributed by atoms with Crippen LogP contribution in [-0.2, 0) is 0 Å². The SMILES string of the molecule is COc1ccc(-c2nc3ncccc3o2)cc1NC=C(C#N)C#N.